The van der Waals surface area contributed by atoms with Gasteiger partial charge >= 0.3 is 0 Å². The molecular weight excluding hydrogens is 558 g/mol. The molecule has 3 heteroatoms. The van der Waals surface area contributed by atoms with Gasteiger partial charge in [-0.05, 0) is 125 Å². The Hall–Kier alpha value is 0.220. The lowest BCUT2D eigenvalue weighted by Crippen LogP contribution is -2.23. The molecule has 0 amide bonds. The van der Waals surface area contributed by atoms with Crippen LogP contribution in [0.4, 0.5) is 0 Å². The van der Waals surface area contributed by atoms with Crippen LogP contribution in [0.5, 0.6) is 5.75 Å². The van der Waals surface area contributed by atoms with Crippen LogP contribution in [0, 0.1) is 24.9 Å². The summed E-state index contributed by atoms with van der Waals surface area (Å²) in [6.07, 6.45) is 16.3. The molecule has 1 aromatic carbocycles. The predicted molar refractivity (Wildman–Crippen MR) is 133 cm³/mol. The monoisotopic (exact) mass is 592 g/mol. The lowest BCUT2D eigenvalue weighted by Gasteiger charge is -2.35. The predicted octanol–water partition coefficient (Wildman–Crippen LogP) is 8.47. The van der Waals surface area contributed by atoms with Crippen LogP contribution in [0.3, 0.4) is 0 Å². The highest BCUT2D eigenvalue weighted by Crippen LogP contribution is 2.43. The number of hydrogen-bond donors (Lipinski definition) is 0. The van der Waals surface area contributed by atoms with Crippen LogP contribution in [0.2, 0.25) is 0 Å². The Balaban J connectivity index is 1.61. The van der Waals surface area contributed by atoms with Gasteiger partial charge in [0.15, 0.2) is 0 Å². The van der Waals surface area contributed by atoms with Gasteiger partial charge in [-0.2, -0.15) is 0 Å². The first-order valence-electron chi connectivity index (χ1n) is 10.9. The number of halogens is 2. The fourth-order valence-electron chi connectivity index (χ4n) is 4.99. The first-order valence-corrected chi connectivity index (χ1v) is 13.1. The van der Waals surface area contributed by atoms with Crippen LogP contribution >= 0.6 is 45.2 Å². The third-order valence-electron chi connectivity index (χ3n) is 6.56. The zero-order valence-corrected chi connectivity index (χ0v) is 21.2. The van der Waals surface area contributed by atoms with E-state index in [1.54, 1.807) is 5.57 Å². The summed E-state index contributed by atoms with van der Waals surface area (Å²) >= 11 is 4.97. The molecule has 150 valence electrons. The highest BCUT2D eigenvalue weighted by atomic mass is 127. The molecular formula is C24H34I2O. The molecule has 1 aromatic rings. The molecule has 0 spiro atoms. The Morgan fingerprint density at radius 1 is 0.926 bits per heavy atom. The van der Waals surface area contributed by atoms with Gasteiger partial charge in [-0.3, -0.25) is 0 Å². The molecule has 0 aromatic heterocycles. The van der Waals surface area contributed by atoms with Gasteiger partial charge in [-0.15, -0.1) is 0 Å². The van der Waals surface area contributed by atoms with Gasteiger partial charge in [0.05, 0.1) is 10.2 Å². The number of benzene rings is 1. The van der Waals surface area contributed by atoms with Crippen LogP contribution in [0.25, 0.3) is 5.57 Å². The van der Waals surface area contributed by atoms with E-state index in [-0.39, 0.29) is 0 Å². The molecule has 0 heterocycles. The Bertz CT molecular complexity index is 644. The van der Waals surface area contributed by atoms with Gasteiger partial charge in [-0.1, -0.05) is 45.6 Å². The van der Waals surface area contributed by atoms with Gasteiger partial charge in [0, 0.05) is 3.57 Å². The van der Waals surface area contributed by atoms with Crippen molar-refractivity contribution in [3.05, 3.63) is 30.9 Å². The van der Waals surface area contributed by atoms with E-state index in [0.717, 1.165) is 36.5 Å². The van der Waals surface area contributed by atoms with Crippen molar-refractivity contribution < 1.29 is 4.74 Å². The van der Waals surface area contributed by atoms with E-state index in [1.165, 1.54) is 70.5 Å². The average molecular weight is 592 g/mol. The second-order valence-electron chi connectivity index (χ2n) is 8.42. The Morgan fingerprint density at radius 2 is 1.70 bits per heavy atom. The summed E-state index contributed by atoms with van der Waals surface area (Å²) in [5.41, 5.74) is 3.00. The second-order valence-corrected chi connectivity index (χ2v) is 10.6. The van der Waals surface area contributed by atoms with Crippen LogP contribution in [-0.2, 0) is 0 Å². The zero-order valence-electron chi connectivity index (χ0n) is 16.9. The molecule has 1 unspecified atom stereocenters. The zero-order chi connectivity index (χ0) is 19.2. The van der Waals surface area contributed by atoms with E-state index in [2.05, 4.69) is 77.2 Å². The molecule has 0 bridgehead atoms. The third kappa shape index (κ3) is 5.64. The number of rotatable bonds is 7. The number of ether oxygens (including phenoxy) is 1. The largest absolute Gasteiger partial charge is 0.492 e. The summed E-state index contributed by atoms with van der Waals surface area (Å²) in [7, 11) is 0. The van der Waals surface area contributed by atoms with Gasteiger partial charge in [0.1, 0.15) is 5.75 Å². The van der Waals surface area contributed by atoms with Crippen LogP contribution < -0.4 is 4.74 Å². The van der Waals surface area contributed by atoms with Crippen molar-refractivity contribution in [2.45, 2.75) is 78.1 Å². The fraction of sp³-hybridized carbons (Fsp3) is 0.667. The molecule has 27 heavy (non-hydrogen) atoms. The molecule has 3 rings (SSSR count). The van der Waals surface area contributed by atoms with Gasteiger partial charge in [0.25, 0.3) is 0 Å². The molecule has 2 aliphatic rings. The lowest BCUT2D eigenvalue weighted by molar-refractivity contribution is 0.189. The van der Waals surface area contributed by atoms with Crippen molar-refractivity contribution in [1.29, 1.82) is 0 Å². The SMILES string of the molecule is CCCOc1ccc(C2=CCC(C3CCC(CCC)CC3)CC2)c(I)c1I. The second kappa shape index (κ2) is 10.8. The maximum Gasteiger partial charge on any atom is 0.133 e. The van der Waals surface area contributed by atoms with E-state index in [9.17, 15) is 0 Å². The molecule has 1 nitrogen and oxygen atoms in total. The molecule has 0 radical (unpaired) electrons. The first-order chi connectivity index (χ1) is 13.1. The van der Waals surface area contributed by atoms with Crippen LogP contribution in [0.15, 0.2) is 18.2 Å². The van der Waals surface area contributed by atoms with E-state index < -0.39 is 0 Å². The van der Waals surface area contributed by atoms with Crippen molar-refractivity contribution in [3.63, 3.8) is 0 Å². The summed E-state index contributed by atoms with van der Waals surface area (Å²) in [4.78, 5) is 0. The summed E-state index contributed by atoms with van der Waals surface area (Å²) in [6, 6.07) is 4.47. The number of allylic oxidation sites excluding steroid dienone is 2. The maximum atomic E-state index is 5.90. The quantitative estimate of drug-likeness (QED) is 0.289. The highest BCUT2D eigenvalue weighted by molar-refractivity contribution is 14.1. The van der Waals surface area contributed by atoms with Crippen LogP contribution in [0.1, 0.15) is 83.6 Å². The lowest BCUT2D eigenvalue weighted by atomic mass is 9.70. The molecule has 1 fully saturated rings. The van der Waals surface area contributed by atoms with E-state index >= 15 is 0 Å². The minimum atomic E-state index is 0.802. The summed E-state index contributed by atoms with van der Waals surface area (Å²) in [5, 5.41) is 0. The topological polar surface area (TPSA) is 9.23 Å². The summed E-state index contributed by atoms with van der Waals surface area (Å²) < 4.78 is 8.54. The van der Waals surface area contributed by atoms with Crippen molar-refractivity contribution in [1.82, 2.24) is 0 Å². The average Bonchev–Trinajstić information content (AvgIpc) is 2.70. The minimum absolute atomic E-state index is 0.802. The fourth-order valence-corrected chi connectivity index (χ4v) is 6.41. The molecule has 1 saturated carbocycles. The molecule has 1 atom stereocenters. The number of hydrogen-bond acceptors (Lipinski definition) is 1. The minimum Gasteiger partial charge on any atom is -0.492 e. The van der Waals surface area contributed by atoms with Crippen molar-refractivity contribution in [2.24, 2.45) is 17.8 Å². The molecule has 2 aliphatic carbocycles. The highest BCUT2D eigenvalue weighted by Gasteiger charge is 2.29. The molecule has 0 N–H and O–H groups in total. The molecule has 0 saturated heterocycles. The first kappa shape index (κ1) is 21.9. The Kier molecular flexibility index (Phi) is 8.80. The van der Waals surface area contributed by atoms with Crippen molar-refractivity contribution >= 4 is 50.8 Å². The smallest absolute Gasteiger partial charge is 0.133 e. The summed E-state index contributed by atoms with van der Waals surface area (Å²) in [6.45, 7) is 5.30. The van der Waals surface area contributed by atoms with Crippen molar-refractivity contribution in [2.75, 3.05) is 6.61 Å². The Morgan fingerprint density at radius 3 is 2.33 bits per heavy atom. The van der Waals surface area contributed by atoms with Gasteiger partial charge < -0.3 is 4.74 Å². The van der Waals surface area contributed by atoms with Crippen molar-refractivity contribution in [3.8, 4) is 5.75 Å². The standard InChI is InChI=1S/C24H34I2O/c1-3-5-17-6-8-18(9-7-17)19-10-12-20(13-11-19)21-14-15-22(27-16-4-2)24(26)23(21)25/h12,14-15,17-19H,3-11,13,16H2,1-2H3. The van der Waals surface area contributed by atoms with E-state index in [1.807, 2.05) is 0 Å². The third-order valence-corrected chi connectivity index (χ3v) is 9.78. The molecule has 0 aliphatic heterocycles. The van der Waals surface area contributed by atoms with Gasteiger partial charge in [-0.25, -0.2) is 0 Å². The normalized spacial score (nSPS) is 25.9. The Labute approximate surface area is 193 Å². The van der Waals surface area contributed by atoms with E-state index in [0.29, 0.717) is 0 Å². The maximum absolute atomic E-state index is 5.90. The summed E-state index contributed by atoms with van der Waals surface area (Å²) in [5.74, 6) is 3.99. The van der Waals surface area contributed by atoms with E-state index in [4.69, 9.17) is 4.74 Å². The van der Waals surface area contributed by atoms with Gasteiger partial charge in [0.2, 0.25) is 0 Å². The van der Waals surface area contributed by atoms with Crippen LogP contribution in [-0.4, -0.2) is 6.61 Å².